The molecule has 0 aliphatic carbocycles. The summed E-state index contributed by atoms with van der Waals surface area (Å²) in [7, 11) is 0. The lowest BCUT2D eigenvalue weighted by atomic mass is 10.1. The molecule has 3 aromatic rings. The number of fused-ring (bicyclic) bond motifs is 1. The molecule has 0 saturated heterocycles. The van der Waals surface area contributed by atoms with Crippen molar-refractivity contribution in [3.63, 3.8) is 0 Å². The zero-order valence-corrected chi connectivity index (χ0v) is 11.3. The van der Waals surface area contributed by atoms with Crippen molar-refractivity contribution in [2.24, 2.45) is 0 Å². The van der Waals surface area contributed by atoms with E-state index in [9.17, 15) is 4.79 Å². The molecule has 1 amide bonds. The first kappa shape index (κ1) is 13.0. The van der Waals surface area contributed by atoms with E-state index in [0.29, 0.717) is 16.9 Å². The third-order valence-corrected chi connectivity index (χ3v) is 3.25. The number of nitrogen functional groups attached to an aromatic ring is 2. The normalized spacial score (nSPS) is 10.5. The first-order valence-electron chi connectivity index (χ1n) is 6.58. The zero-order valence-electron chi connectivity index (χ0n) is 11.3. The second-order valence-electron chi connectivity index (χ2n) is 4.90. The van der Waals surface area contributed by atoms with Crippen LogP contribution in [-0.2, 0) is 0 Å². The van der Waals surface area contributed by atoms with E-state index in [1.807, 2.05) is 42.5 Å². The van der Waals surface area contributed by atoms with Crippen molar-refractivity contribution in [3.8, 4) is 0 Å². The number of amides is 1. The predicted molar refractivity (Wildman–Crippen MR) is 87.2 cm³/mol. The van der Waals surface area contributed by atoms with Crippen molar-refractivity contribution in [1.82, 2.24) is 0 Å². The fourth-order valence-electron chi connectivity index (χ4n) is 2.28. The quantitative estimate of drug-likeness (QED) is 0.629. The van der Waals surface area contributed by atoms with Crippen molar-refractivity contribution < 1.29 is 4.79 Å². The van der Waals surface area contributed by atoms with E-state index in [2.05, 4.69) is 5.32 Å². The van der Waals surface area contributed by atoms with Crippen LogP contribution in [0.5, 0.6) is 0 Å². The molecule has 0 aliphatic rings. The molecule has 0 radical (unpaired) electrons. The molecule has 4 heteroatoms. The summed E-state index contributed by atoms with van der Waals surface area (Å²) in [5.74, 6) is -0.232. The molecule has 0 fully saturated rings. The minimum atomic E-state index is -0.232. The van der Waals surface area contributed by atoms with Crippen LogP contribution >= 0.6 is 0 Å². The van der Waals surface area contributed by atoms with Gasteiger partial charge in [-0.1, -0.05) is 30.3 Å². The van der Waals surface area contributed by atoms with E-state index in [-0.39, 0.29) is 5.91 Å². The first-order chi connectivity index (χ1) is 10.1. The topological polar surface area (TPSA) is 81.1 Å². The first-order valence-corrected chi connectivity index (χ1v) is 6.58. The molecule has 3 aromatic carbocycles. The molecule has 3 rings (SSSR count). The molecule has 0 saturated carbocycles. The monoisotopic (exact) mass is 277 g/mol. The lowest BCUT2D eigenvalue weighted by Crippen LogP contribution is -2.12. The highest BCUT2D eigenvalue weighted by molar-refractivity contribution is 6.06. The summed E-state index contributed by atoms with van der Waals surface area (Å²) in [5.41, 5.74) is 13.5. The number of anilines is 3. The van der Waals surface area contributed by atoms with Crippen LogP contribution in [0.3, 0.4) is 0 Å². The van der Waals surface area contributed by atoms with E-state index in [0.717, 1.165) is 16.5 Å². The molecule has 21 heavy (non-hydrogen) atoms. The van der Waals surface area contributed by atoms with Gasteiger partial charge >= 0.3 is 0 Å². The molecular formula is C17H15N3O. The van der Waals surface area contributed by atoms with Crippen LogP contribution in [-0.4, -0.2) is 5.91 Å². The Kier molecular flexibility index (Phi) is 3.20. The summed E-state index contributed by atoms with van der Waals surface area (Å²) in [4.78, 5) is 12.2. The van der Waals surface area contributed by atoms with Crippen molar-refractivity contribution in [2.75, 3.05) is 16.8 Å². The van der Waals surface area contributed by atoms with Crippen molar-refractivity contribution in [3.05, 3.63) is 66.2 Å². The second-order valence-corrected chi connectivity index (χ2v) is 4.90. The maximum absolute atomic E-state index is 12.2. The van der Waals surface area contributed by atoms with Crippen molar-refractivity contribution >= 4 is 33.7 Å². The van der Waals surface area contributed by atoms with Gasteiger partial charge in [0.15, 0.2) is 0 Å². The average molecular weight is 277 g/mol. The molecule has 0 spiro atoms. The van der Waals surface area contributed by atoms with E-state index in [1.54, 1.807) is 18.2 Å². The van der Waals surface area contributed by atoms with E-state index < -0.39 is 0 Å². The molecular weight excluding hydrogens is 262 g/mol. The van der Waals surface area contributed by atoms with Gasteiger partial charge in [-0.2, -0.15) is 0 Å². The maximum Gasteiger partial charge on any atom is 0.255 e. The second kappa shape index (κ2) is 5.17. The third-order valence-electron chi connectivity index (χ3n) is 3.25. The average Bonchev–Trinajstić information content (AvgIpc) is 2.46. The van der Waals surface area contributed by atoms with E-state index in [1.165, 1.54) is 0 Å². The molecule has 0 unspecified atom stereocenters. The van der Waals surface area contributed by atoms with Gasteiger partial charge in [-0.25, -0.2) is 0 Å². The summed E-state index contributed by atoms with van der Waals surface area (Å²) in [6.45, 7) is 0. The predicted octanol–water partition coefficient (Wildman–Crippen LogP) is 3.26. The SMILES string of the molecule is Nc1cc(N)cc(C(=O)Nc2ccc3ccccc3c2)c1. The van der Waals surface area contributed by atoms with Gasteiger partial charge in [0.05, 0.1) is 0 Å². The Morgan fingerprint density at radius 2 is 1.48 bits per heavy atom. The number of rotatable bonds is 2. The number of hydrogen-bond donors (Lipinski definition) is 3. The van der Waals surface area contributed by atoms with Crippen LogP contribution < -0.4 is 16.8 Å². The number of benzene rings is 3. The molecule has 5 N–H and O–H groups in total. The fourth-order valence-corrected chi connectivity index (χ4v) is 2.28. The van der Waals surface area contributed by atoms with Gasteiger partial charge < -0.3 is 16.8 Å². The fraction of sp³-hybridized carbons (Fsp3) is 0. The maximum atomic E-state index is 12.2. The van der Waals surface area contributed by atoms with Crippen molar-refractivity contribution in [2.45, 2.75) is 0 Å². The summed E-state index contributed by atoms with van der Waals surface area (Å²) in [5, 5.41) is 5.05. The number of nitrogens with one attached hydrogen (secondary N) is 1. The minimum Gasteiger partial charge on any atom is -0.399 e. The van der Waals surface area contributed by atoms with Crippen LogP contribution in [0.4, 0.5) is 17.1 Å². The van der Waals surface area contributed by atoms with Crippen LogP contribution in [0.2, 0.25) is 0 Å². The highest BCUT2D eigenvalue weighted by atomic mass is 16.1. The van der Waals surface area contributed by atoms with Crippen LogP contribution in [0.25, 0.3) is 10.8 Å². The van der Waals surface area contributed by atoms with Crippen LogP contribution in [0.1, 0.15) is 10.4 Å². The molecule has 0 aromatic heterocycles. The van der Waals surface area contributed by atoms with Crippen LogP contribution in [0.15, 0.2) is 60.7 Å². The smallest absolute Gasteiger partial charge is 0.255 e. The molecule has 0 aliphatic heterocycles. The summed E-state index contributed by atoms with van der Waals surface area (Å²) in [6, 6.07) is 18.6. The van der Waals surface area contributed by atoms with Gasteiger partial charge in [0.25, 0.3) is 5.91 Å². The molecule has 0 heterocycles. The standard InChI is InChI=1S/C17H15N3O/c18-14-7-13(8-15(19)10-14)17(21)20-16-6-5-11-3-1-2-4-12(11)9-16/h1-10H,18-19H2,(H,20,21). The lowest BCUT2D eigenvalue weighted by molar-refractivity contribution is 0.102. The Hall–Kier alpha value is -3.01. The lowest BCUT2D eigenvalue weighted by Gasteiger charge is -2.08. The third kappa shape index (κ3) is 2.79. The molecule has 0 atom stereocenters. The number of carbonyl (C=O) groups is 1. The Labute approximate surface area is 122 Å². The van der Waals surface area contributed by atoms with Crippen LogP contribution in [0, 0.1) is 0 Å². The van der Waals surface area contributed by atoms with Gasteiger partial charge in [-0.15, -0.1) is 0 Å². The van der Waals surface area contributed by atoms with Gasteiger partial charge in [-0.3, -0.25) is 4.79 Å². The summed E-state index contributed by atoms with van der Waals surface area (Å²) in [6.07, 6.45) is 0. The Morgan fingerprint density at radius 3 is 2.19 bits per heavy atom. The highest BCUT2D eigenvalue weighted by Crippen LogP contribution is 2.20. The zero-order chi connectivity index (χ0) is 14.8. The van der Waals surface area contributed by atoms with E-state index >= 15 is 0 Å². The Morgan fingerprint density at radius 1 is 0.810 bits per heavy atom. The molecule has 0 bridgehead atoms. The highest BCUT2D eigenvalue weighted by Gasteiger charge is 2.08. The van der Waals surface area contributed by atoms with E-state index in [4.69, 9.17) is 11.5 Å². The number of nitrogens with two attached hydrogens (primary N) is 2. The molecule has 4 nitrogen and oxygen atoms in total. The van der Waals surface area contributed by atoms with Gasteiger partial charge in [0, 0.05) is 22.6 Å². The Balaban J connectivity index is 1.88. The largest absolute Gasteiger partial charge is 0.399 e. The van der Waals surface area contributed by atoms with Gasteiger partial charge in [0.2, 0.25) is 0 Å². The van der Waals surface area contributed by atoms with Crippen molar-refractivity contribution in [1.29, 1.82) is 0 Å². The number of hydrogen-bond acceptors (Lipinski definition) is 3. The summed E-state index contributed by atoms with van der Waals surface area (Å²) >= 11 is 0. The molecule has 104 valence electrons. The van der Waals surface area contributed by atoms with Gasteiger partial charge in [0.1, 0.15) is 0 Å². The van der Waals surface area contributed by atoms with Gasteiger partial charge in [-0.05, 0) is 41.1 Å². The number of carbonyl (C=O) groups excluding carboxylic acids is 1. The Bertz CT molecular complexity index is 807. The minimum absolute atomic E-state index is 0.232. The summed E-state index contributed by atoms with van der Waals surface area (Å²) < 4.78 is 0.